The number of para-hydroxylation sites is 1. The molecular weight excluding hydrogens is 484 g/mol. The summed E-state index contributed by atoms with van der Waals surface area (Å²) in [5, 5.41) is 20.0. The fourth-order valence-electron chi connectivity index (χ4n) is 3.09. The lowest BCUT2D eigenvalue weighted by atomic mass is 10.1. The Balaban J connectivity index is 2.02. The fraction of sp³-hybridized carbons (Fsp3) is 0.333. The number of halogens is 1. The predicted octanol–water partition coefficient (Wildman–Crippen LogP) is 5.25. The number of nitro groups is 1. The zero-order valence-electron chi connectivity index (χ0n) is 17.4. The molecule has 0 N–H and O–H groups in total. The fourth-order valence-corrected chi connectivity index (χ4v) is 4.82. The molecule has 0 aliphatic heterocycles. The van der Waals surface area contributed by atoms with Crippen molar-refractivity contribution in [1.29, 1.82) is 0 Å². The average Bonchev–Trinajstić information content (AvgIpc) is 3.10. The third-order valence-electron chi connectivity index (χ3n) is 4.36. The summed E-state index contributed by atoms with van der Waals surface area (Å²) in [5.41, 5.74) is 1.64. The quantitative estimate of drug-likeness (QED) is 0.210. The van der Waals surface area contributed by atoms with E-state index < -0.39 is 5.25 Å². The van der Waals surface area contributed by atoms with Crippen LogP contribution in [0.15, 0.2) is 52.1 Å². The molecule has 3 rings (SSSR count). The summed E-state index contributed by atoms with van der Waals surface area (Å²) in [5.74, 6) is 1.83. The third-order valence-corrected chi connectivity index (χ3v) is 6.13. The van der Waals surface area contributed by atoms with Crippen LogP contribution < -0.4 is 9.47 Å². The minimum Gasteiger partial charge on any atom is -0.490 e. The number of nitrogens with zero attached hydrogens (tertiary/aromatic N) is 4. The Hall–Kier alpha value is -2.59. The van der Waals surface area contributed by atoms with Gasteiger partial charge in [0.2, 0.25) is 6.54 Å². The summed E-state index contributed by atoms with van der Waals surface area (Å²) < 4.78 is 14.0. The Labute approximate surface area is 193 Å². The van der Waals surface area contributed by atoms with E-state index in [1.54, 1.807) is 6.07 Å². The van der Waals surface area contributed by atoms with E-state index in [4.69, 9.17) is 9.47 Å². The summed E-state index contributed by atoms with van der Waals surface area (Å²) in [6, 6.07) is 13.3. The number of aryl methyl sites for hydroxylation is 1. The molecule has 0 spiro atoms. The van der Waals surface area contributed by atoms with Crippen LogP contribution in [0, 0.1) is 17.0 Å². The molecule has 3 aromatic rings. The van der Waals surface area contributed by atoms with E-state index in [9.17, 15) is 10.1 Å². The van der Waals surface area contributed by atoms with Gasteiger partial charge in [-0.25, -0.2) is 0 Å². The van der Waals surface area contributed by atoms with Crippen LogP contribution in [0.2, 0.25) is 0 Å². The van der Waals surface area contributed by atoms with Gasteiger partial charge in [-0.1, -0.05) is 30.0 Å². The summed E-state index contributed by atoms with van der Waals surface area (Å²) in [4.78, 5) is 11.2. The summed E-state index contributed by atoms with van der Waals surface area (Å²) in [6.45, 7) is 6.27. The molecule has 1 atom stereocenters. The molecule has 0 radical (unpaired) electrons. The highest BCUT2D eigenvalue weighted by atomic mass is 79.9. The monoisotopic (exact) mass is 506 g/mol. The van der Waals surface area contributed by atoms with Crippen LogP contribution in [-0.4, -0.2) is 39.4 Å². The Bertz CT molecular complexity index is 1050. The number of thioether (sulfide) groups is 1. The topological polar surface area (TPSA) is 92.3 Å². The van der Waals surface area contributed by atoms with Crippen molar-refractivity contribution in [3.8, 4) is 17.2 Å². The van der Waals surface area contributed by atoms with Crippen LogP contribution in [0.5, 0.6) is 11.5 Å². The van der Waals surface area contributed by atoms with Gasteiger partial charge in [-0.15, -0.1) is 10.2 Å². The van der Waals surface area contributed by atoms with Crippen molar-refractivity contribution in [2.75, 3.05) is 19.8 Å². The van der Waals surface area contributed by atoms with Gasteiger partial charge in [-0.3, -0.25) is 14.7 Å². The van der Waals surface area contributed by atoms with Gasteiger partial charge in [-0.2, -0.15) is 0 Å². The maximum Gasteiger partial charge on any atom is 0.220 e. The molecule has 0 fully saturated rings. The van der Waals surface area contributed by atoms with Crippen LogP contribution >= 0.6 is 27.7 Å². The zero-order valence-corrected chi connectivity index (χ0v) is 19.9. The highest BCUT2D eigenvalue weighted by Gasteiger charge is 2.26. The van der Waals surface area contributed by atoms with Crippen molar-refractivity contribution in [1.82, 2.24) is 14.8 Å². The molecular formula is C21H23BrN4O4S. The van der Waals surface area contributed by atoms with E-state index in [1.807, 2.05) is 61.7 Å². The minimum absolute atomic E-state index is 0.280. The zero-order chi connectivity index (χ0) is 22.4. The van der Waals surface area contributed by atoms with Gasteiger partial charge in [0.1, 0.15) is 11.1 Å². The molecule has 0 amide bonds. The van der Waals surface area contributed by atoms with Crippen LogP contribution in [0.3, 0.4) is 0 Å². The largest absolute Gasteiger partial charge is 0.490 e. The van der Waals surface area contributed by atoms with Crippen LogP contribution in [0.4, 0.5) is 0 Å². The molecule has 164 valence electrons. The maximum absolute atomic E-state index is 11.5. The second-order valence-electron chi connectivity index (χ2n) is 6.52. The molecule has 0 bridgehead atoms. The van der Waals surface area contributed by atoms with Crippen LogP contribution in [-0.2, 0) is 0 Å². The molecule has 0 saturated carbocycles. The van der Waals surface area contributed by atoms with Gasteiger partial charge in [0.15, 0.2) is 16.7 Å². The molecule has 0 aliphatic rings. The maximum atomic E-state index is 11.5. The second-order valence-corrected chi connectivity index (χ2v) is 8.54. The second kappa shape index (κ2) is 10.6. The Morgan fingerprint density at radius 3 is 2.52 bits per heavy atom. The van der Waals surface area contributed by atoms with E-state index in [0.717, 1.165) is 11.3 Å². The van der Waals surface area contributed by atoms with E-state index in [0.29, 0.717) is 40.2 Å². The van der Waals surface area contributed by atoms with E-state index >= 15 is 0 Å². The van der Waals surface area contributed by atoms with Crippen molar-refractivity contribution in [2.24, 2.45) is 0 Å². The number of rotatable bonds is 10. The Morgan fingerprint density at radius 1 is 1.16 bits per heavy atom. The summed E-state index contributed by atoms with van der Waals surface area (Å²) in [7, 11) is 0. The number of hydrogen-bond donors (Lipinski definition) is 0. The first-order valence-electron chi connectivity index (χ1n) is 9.79. The van der Waals surface area contributed by atoms with Crippen molar-refractivity contribution >= 4 is 27.7 Å². The van der Waals surface area contributed by atoms with Gasteiger partial charge in [0, 0.05) is 10.6 Å². The molecule has 8 nitrogen and oxygen atoms in total. The first-order chi connectivity index (χ1) is 14.9. The molecule has 0 aliphatic carbocycles. The predicted molar refractivity (Wildman–Crippen MR) is 123 cm³/mol. The average molecular weight is 507 g/mol. The van der Waals surface area contributed by atoms with Gasteiger partial charge < -0.3 is 9.47 Å². The number of aromatic nitrogens is 3. The van der Waals surface area contributed by atoms with E-state index in [1.165, 1.54) is 11.8 Å². The van der Waals surface area contributed by atoms with E-state index in [2.05, 4.69) is 26.1 Å². The van der Waals surface area contributed by atoms with Crippen molar-refractivity contribution in [2.45, 2.75) is 31.2 Å². The lowest BCUT2D eigenvalue weighted by Gasteiger charge is -2.18. The number of hydrogen-bond acceptors (Lipinski definition) is 7. The molecule has 10 heteroatoms. The Morgan fingerprint density at radius 2 is 1.87 bits per heavy atom. The lowest BCUT2D eigenvalue weighted by Crippen LogP contribution is -2.12. The SMILES string of the molecule is CCOc1cc([C@H](C[N+](=O)[O-])Sc2nnc(C)n2-c2ccccc2)cc(Br)c1OCC. The van der Waals surface area contributed by atoms with Gasteiger partial charge in [0.05, 0.1) is 17.7 Å². The van der Waals surface area contributed by atoms with Gasteiger partial charge in [-0.05, 0) is 66.5 Å². The van der Waals surface area contributed by atoms with Crippen LogP contribution in [0.25, 0.3) is 5.69 Å². The van der Waals surface area contributed by atoms with E-state index in [-0.39, 0.29) is 11.5 Å². The van der Waals surface area contributed by atoms with Crippen molar-refractivity contribution < 1.29 is 14.4 Å². The molecule has 0 saturated heterocycles. The summed E-state index contributed by atoms with van der Waals surface area (Å²) in [6.07, 6.45) is 0. The number of benzene rings is 2. The van der Waals surface area contributed by atoms with Gasteiger partial charge in [0.25, 0.3) is 0 Å². The number of ether oxygens (including phenoxy) is 2. The van der Waals surface area contributed by atoms with Crippen LogP contribution in [0.1, 0.15) is 30.5 Å². The highest BCUT2D eigenvalue weighted by molar-refractivity contribution is 9.10. The normalized spacial score (nSPS) is 11.9. The Kier molecular flexibility index (Phi) is 7.91. The molecule has 31 heavy (non-hydrogen) atoms. The van der Waals surface area contributed by atoms with Crippen molar-refractivity contribution in [3.05, 3.63) is 68.4 Å². The minimum atomic E-state index is -0.507. The molecule has 1 heterocycles. The lowest BCUT2D eigenvalue weighted by molar-refractivity contribution is -0.479. The third kappa shape index (κ3) is 5.56. The smallest absolute Gasteiger partial charge is 0.220 e. The molecule has 2 aromatic carbocycles. The highest BCUT2D eigenvalue weighted by Crippen LogP contribution is 2.43. The standard InChI is InChI=1S/C21H23BrN4O4S/c1-4-29-18-12-15(11-17(22)20(18)30-5-2)19(13-25(27)28)31-21-24-23-14(3)26(21)16-9-7-6-8-10-16/h6-12,19H,4-5,13H2,1-3H3/t19-/m0/s1. The first kappa shape index (κ1) is 23.1. The molecule has 1 aromatic heterocycles. The van der Waals surface area contributed by atoms with Gasteiger partial charge >= 0.3 is 0 Å². The first-order valence-corrected chi connectivity index (χ1v) is 11.5. The molecule has 0 unspecified atom stereocenters. The summed E-state index contributed by atoms with van der Waals surface area (Å²) >= 11 is 4.82. The van der Waals surface area contributed by atoms with Crippen molar-refractivity contribution in [3.63, 3.8) is 0 Å².